The molecule has 0 aromatic carbocycles. The van der Waals surface area contributed by atoms with Crippen molar-refractivity contribution in [3.8, 4) is 0 Å². The number of likely N-dealkylation sites (tertiary alicyclic amines) is 1. The Labute approximate surface area is 87.8 Å². The summed E-state index contributed by atoms with van der Waals surface area (Å²) in [6, 6.07) is 1.30. The van der Waals surface area contributed by atoms with Crippen LogP contribution in [0, 0.1) is 11.8 Å². The van der Waals surface area contributed by atoms with E-state index in [1.165, 1.54) is 32.2 Å². The van der Waals surface area contributed by atoms with Crippen LogP contribution in [-0.4, -0.2) is 30.1 Å². The minimum Gasteiger partial charge on any atom is -0.326 e. The molecular formula is C12H24N2. The monoisotopic (exact) mass is 196 g/mol. The number of nitrogens with zero attached hydrogens (tertiary/aromatic N) is 1. The molecule has 0 aromatic rings. The van der Waals surface area contributed by atoms with Gasteiger partial charge in [0.25, 0.3) is 0 Å². The molecule has 2 nitrogen and oxygen atoms in total. The Morgan fingerprint density at radius 1 is 1.21 bits per heavy atom. The van der Waals surface area contributed by atoms with Crippen molar-refractivity contribution in [3.05, 3.63) is 0 Å². The van der Waals surface area contributed by atoms with Crippen LogP contribution < -0.4 is 5.73 Å². The fraction of sp³-hybridized carbons (Fsp3) is 1.00. The van der Waals surface area contributed by atoms with Crippen LogP contribution in [0.15, 0.2) is 0 Å². The highest BCUT2D eigenvalue weighted by molar-refractivity contribution is 4.90. The highest BCUT2D eigenvalue weighted by atomic mass is 15.2. The van der Waals surface area contributed by atoms with Gasteiger partial charge in [-0.15, -0.1) is 0 Å². The lowest BCUT2D eigenvalue weighted by Crippen LogP contribution is -2.54. The van der Waals surface area contributed by atoms with Gasteiger partial charge in [0.2, 0.25) is 0 Å². The van der Waals surface area contributed by atoms with Gasteiger partial charge in [0.15, 0.2) is 0 Å². The molecule has 82 valence electrons. The van der Waals surface area contributed by atoms with Gasteiger partial charge in [-0.25, -0.2) is 0 Å². The van der Waals surface area contributed by atoms with Gasteiger partial charge in [-0.1, -0.05) is 20.3 Å². The Morgan fingerprint density at radius 2 is 1.93 bits per heavy atom. The lowest BCUT2D eigenvalue weighted by Gasteiger charge is -2.45. The van der Waals surface area contributed by atoms with E-state index in [1.54, 1.807) is 0 Å². The first-order valence-corrected chi connectivity index (χ1v) is 6.18. The van der Waals surface area contributed by atoms with Crippen molar-refractivity contribution in [2.45, 2.75) is 51.6 Å². The molecule has 14 heavy (non-hydrogen) atoms. The van der Waals surface area contributed by atoms with E-state index in [4.69, 9.17) is 5.73 Å². The second-order valence-corrected chi connectivity index (χ2v) is 5.44. The summed E-state index contributed by atoms with van der Waals surface area (Å²) in [6.45, 7) is 7.06. The molecule has 2 aliphatic rings. The van der Waals surface area contributed by atoms with Gasteiger partial charge in [-0.3, -0.25) is 4.90 Å². The van der Waals surface area contributed by atoms with Crippen molar-refractivity contribution in [2.24, 2.45) is 17.6 Å². The van der Waals surface area contributed by atoms with Crippen LogP contribution in [-0.2, 0) is 0 Å². The first kappa shape index (κ1) is 10.4. The molecule has 1 saturated heterocycles. The molecular weight excluding hydrogens is 172 g/mol. The van der Waals surface area contributed by atoms with Crippen molar-refractivity contribution in [2.75, 3.05) is 13.1 Å². The molecule has 1 saturated carbocycles. The van der Waals surface area contributed by atoms with Crippen LogP contribution in [0.4, 0.5) is 0 Å². The summed E-state index contributed by atoms with van der Waals surface area (Å²) in [5.41, 5.74) is 6.25. The summed E-state index contributed by atoms with van der Waals surface area (Å²) in [4.78, 5) is 2.63. The fourth-order valence-corrected chi connectivity index (χ4v) is 2.94. The SMILES string of the molecule is CC(C)C1CCN(C2CCC2)CC1N. The van der Waals surface area contributed by atoms with Crippen molar-refractivity contribution in [3.63, 3.8) is 0 Å². The highest BCUT2D eigenvalue weighted by Gasteiger charge is 2.33. The van der Waals surface area contributed by atoms with Crippen LogP contribution in [0.1, 0.15) is 39.5 Å². The van der Waals surface area contributed by atoms with Gasteiger partial charge in [0.05, 0.1) is 0 Å². The van der Waals surface area contributed by atoms with Crippen molar-refractivity contribution in [1.82, 2.24) is 4.90 Å². The minimum atomic E-state index is 0.421. The third kappa shape index (κ3) is 1.96. The van der Waals surface area contributed by atoms with Gasteiger partial charge in [0.1, 0.15) is 0 Å². The molecule has 1 aliphatic heterocycles. The number of piperidine rings is 1. The van der Waals surface area contributed by atoms with Crippen molar-refractivity contribution in [1.29, 1.82) is 0 Å². The predicted molar refractivity (Wildman–Crippen MR) is 60.1 cm³/mol. The Morgan fingerprint density at radius 3 is 2.36 bits per heavy atom. The Kier molecular flexibility index (Phi) is 3.13. The van der Waals surface area contributed by atoms with Gasteiger partial charge in [0, 0.05) is 18.6 Å². The lowest BCUT2D eigenvalue weighted by atomic mass is 9.81. The number of hydrogen-bond acceptors (Lipinski definition) is 2. The molecule has 0 radical (unpaired) electrons. The summed E-state index contributed by atoms with van der Waals surface area (Å²) in [5.74, 6) is 1.51. The molecule has 0 aromatic heterocycles. The minimum absolute atomic E-state index is 0.421. The predicted octanol–water partition coefficient (Wildman–Crippen LogP) is 1.84. The average molecular weight is 196 g/mol. The third-order valence-electron chi connectivity index (χ3n) is 4.19. The molecule has 2 heteroatoms. The maximum absolute atomic E-state index is 6.25. The average Bonchev–Trinajstić information content (AvgIpc) is 2.00. The first-order chi connectivity index (χ1) is 6.68. The number of nitrogens with two attached hydrogens (primary N) is 1. The Bertz CT molecular complexity index is 187. The van der Waals surface area contributed by atoms with E-state index in [2.05, 4.69) is 18.7 Å². The normalized spacial score (nSPS) is 36.0. The second kappa shape index (κ2) is 4.19. The van der Waals surface area contributed by atoms with Crippen molar-refractivity contribution < 1.29 is 0 Å². The summed E-state index contributed by atoms with van der Waals surface area (Å²) in [5, 5.41) is 0. The third-order valence-corrected chi connectivity index (χ3v) is 4.19. The largest absolute Gasteiger partial charge is 0.326 e. The smallest absolute Gasteiger partial charge is 0.0199 e. The Balaban J connectivity index is 1.85. The summed E-state index contributed by atoms with van der Waals surface area (Å²) in [6.07, 6.45) is 5.58. The second-order valence-electron chi connectivity index (χ2n) is 5.44. The first-order valence-electron chi connectivity index (χ1n) is 6.18. The standard InChI is InChI=1S/C12H24N2/c1-9(2)11-6-7-14(8-12(11)13)10-4-3-5-10/h9-12H,3-8,13H2,1-2H3. The molecule has 2 rings (SSSR count). The molecule has 1 aliphatic carbocycles. The van der Waals surface area contributed by atoms with Crippen LogP contribution in [0.3, 0.4) is 0 Å². The lowest BCUT2D eigenvalue weighted by molar-refractivity contribution is 0.0600. The fourth-order valence-electron chi connectivity index (χ4n) is 2.94. The van der Waals surface area contributed by atoms with E-state index in [1.807, 2.05) is 0 Å². The summed E-state index contributed by atoms with van der Waals surface area (Å²) < 4.78 is 0. The molecule has 2 fully saturated rings. The number of rotatable bonds is 2. The van der Waals surface area contributed by atoms with E-state index in [9.17, 15) is 0 Å². The van der Waals surface area contributed by atoms with Crippen LogP contribution in [0.25, 0.3) is 0 Å². The molecule has 0 bridgehead atoms. The maximum atomic E-state index is 6.25. The highest BCUT2D eigenvalue weighted by Crippen LogP contribution is 2.30. The molecule has 1 heterocycles. The van der Waals surface area contributed by atoms with Crippen LogP contribution in [0.5, 0.6) is 0 Å². The summed E-state index contributed by atoms with van der Waals surface area (Å²) >= 11 is 0. The van der Waals surface area contributed by atoms with E-state index in [0.717, 1.165) is 24.4 Å². The van der Waals surface area contributed by atoms with Gasteiger partial charge in [-0.2, -0.15) is 0 Å². The van der Waals surface area contributed by atoms with Crippen LogP contribution >= 0.6 is 0 Å². The molecule has 0 amide bonds. The van der Waals surface area contributed by atoms with Crippen LogP contribution in [0.2, 0.25) is 0 Å². The quantitative estimate of drug-likeness (QED) is 0.730. The van der Waals surface area contributed by atoms with Gasteiger partial charge < -0.3 is 5.73 Å². The zero-order chi connectivity index (χ0) is 10.1. The Hall–Kier alpha value is -0.0800. The van der Waals surface area contributed by atoms with E-state index >= 15 is 0 Å². The summed E-state index contributed by atoms with van der Waals surface area (Å²) in [7, 11) is 0. The van der Waals surface area contributed by atoms with Crippen molar-refractivity contribution >= 4 is 0 Å². The molecule has 2 unspecified atom stereocenters. The molecule has 2 atom stereocenters. The van der Waals surface area contributed by atoms with Gasteiger partial charge >= 0.3 is 0 Å². The number of hydrogen-bond donors (Lipinski definition) is 1. The zero-order valence-electron chi connectivity index (χ0n) is 9.58. The maximum Gasteiger partial charge on any atom is 0.0199 e. The van der Waals surface area contributed by atoms with E-state index < -0.39 is 0 Å². The molecule has 0 spiro atoms. The van der Waals surface area contributed by atoms with Gasteiger partial charge in [-0.05, 0) is 37.6 Å². The molecule has 2 N–H and O–H groups in total. The van der Waals surface area contributed by atoms with E-state index in [-0.39, 0.29) is 0 Å². The topological polar surface area (TPSA) is 29.3 Å². The zero-order valence-corrected chi connectivity index (χ0v) is 9.58. The van der Waals surface area contributed by atoms with E-state index in [0.29, 0.717) is 6.04 Å².